The Hall–Kier alpha value is -2.29. The fourth-order valence-corrected chi connectivity index (χ4v) is 2.15. The lowest BCUT2D eigenvalue weighted by Gasteiger charge is -2.30. The number of hydrogen-bond acceptors (Lipinski definition) is 3. The van der Waals surface area contributed by atoms with Gasteiger partial charge in [-0.3, -0.25) is 0 Å². The van der Waals surface area contributed by atoms with Crippen molar-refractivity contribution in [2.75, 3.05) is 11.4 Å². The van der Waals surface area contributed by atoms with E-state index >= 15 is 0 Å². The second-order valence-corrected chi connectivity index (χ2v) is 3.89. The fraction of sp³-hybridized carbons (Fsp3) is 0.0714. The molecule has 0 spiro atoms. The topological polar surface area (TPSA) is 29.3 Å². The molecule has 0 saturated carbocycles. The summed E-state index contributed by atoms with van der Waals surface area (Å²) in [5, 5.41) is 0. The van der Waals surface area contributed by atoms with Gasteiger partial charge in [0.1, 0.15) is 5.69 Å². The molecule has 0 bridgehead atoms. The van der Waals surface area contributed by atoms with Crippen LogP contribution in [-0.4, -0.2) is 11.5 Å². The Morgan fingerprint density at radius 1 is 1.35 bits per heavy atom. The second-order valence-electron chi connectivity index (χ2n) is 3.89. The molecule has 2 heterocycles. The number of rotatable bonds is 2. The first-order valence-electron chi connectivity index (χ1n) is 5.43. The molecule has 0 aliphatic carbocycles. The molecule has 1 aliphatic rings. The Morgan fingerprint density at radius 2 is 2.18 bits per heavy atom. The van der Waals surface area contributed by atoms with E-state index in [1.807, 2.05) is 24.3 Å². The van der Waals surface area contributed by atoms with Crippen molar-refractivity contribution in [2.45, 2.75) is 0 Å². The van der Waals surface area contributed by atoms with Crippen LogP contribution in [0.15, 0.2) is 54.3 Å². The van der Waals surface area contributed by atoms with Gasteiger partial charge in [-0.2, -0.15) is 0 Å². The molecule has 3 rings (SSSR count). The zero-order chi connectivity index (χ0) is 11.8. The highest BCUT2D eigenvalue weighted by Gasteiger charge is 2.27. The van der Waals surface area contributed by atoms with E-state index in [1.165, 1.54) is 6.39 Å². The van der Waals surface area contributed by atoms with Crippen molar-refractivity contribution in [1.29, 1.82) is 0 Å². The summed E-state index contributed by atoms with van der Waals surface area (Å²) in [6.07, 6.45) is 3.32. The van der Waals surface area contributed by atoms with Gasteiger partial charge in [-0.05, 0) is 12.1 Å². The van der Waals surface area contributed by atoms with Crippen molar-refractivity contribution < 1.29 is 4.42 Å². The number of benzene rings is 1. The molecule has 17 heavy (non-hydrogen) atoms. The van der Waals surface area contributed by atoms with Crippen LogP contribution in [0.4, 0.5) is 5.69 Å². The summed E-state index contributed by atoms with van der Waals surface area (Å²) in [6, 6.07) is 8.08. The van der Waals surface area contributed by atoms with Crippen LogP contribution >= 0.6 is 0 Å². The number of hydrogen-bond donors (Lipinski definition) is 0. The number of para-hydroxylation sites is 1. The maximum Gasteiger partial charge on any atom is 0.182 e. The van der Waals surface area contributed by atoms with Crippen molar-refractivity contribution >= 4 is 11.4 Å². The molecule has 3 heteroatoms. The molecule has 0 radical (unpaired) electrons. The van der Waals surface area contributed by atoms with E-state index < -0.39 is 0 Å². The third kappa shape index (κ3) is 1.32. The SMILES string of the molecule is C=CCN1C(=C)c2ncoc2-c2ccccc21. The molecule has 1 aromatic carbocycles. The average Bonchev–Trinajstić information content (AvgIpc) is 2.84. The largest absolute Gasteiger partial charge is 0.443 e. The summed E-state index contributed by atoms with van der Waals surface area (Å²) < 4.78 is 5.45. The third-order valence-corrected chi connectivity index (χ3v) is 2.92. The zero-order valence-electron chi connectivity index (χ0n) is 9.39. The second kappa shape index (κ2) is 3.63. The monoisotopic (exact) mass is 224 g/mol. The summed E-state index contributed by atoms with van der Waals surface area (Å²) in [6.45, 7) is 8.57. The molecule has 0 unspecified atom stereocenters. The lowest BCUT2D eigenvalue weighted by molar-refractivity contribution is 0.571. The minimum atomic E-state index is 0.710. The Kier molecular flexibility index (Phi) is 2.11. The molecule has 0 saturated heterocycles. The number of aromatic nitrogens is 1. The van der Waals surface area contributed by atoms with Gasteiger partial charge in [-0.25, -0.2) is 4.98 Å². The normalized spacial score (nSPS) is 13.2. The van der Waals surface area contributed by atoms with Crippen LogP contribution in [0.2, 0.25) is 0 Å². The quantitative estimate of drug-likeness (QED) is 0.733. The fourth-order valence-electron chi connectivity index (χ4n) is 2.15. The first-order chi connectivity index (χ1) is 8.33. The molecule has 1 aliphatic heterocycles. The lowest BCUT2D eigenvalue weighted by atomic mass is 10.0. The first-order valence-corrected chi connectivity index (χ1v) is 5.43. The summed E-state index contributed by atoms with van der Waals surface area (Å²) in [4.78, 5) is 6.32. The van der Waals surface area contributed by atoms with Gasteiger partial charge in [0, 0.05) is 12.1 Å². The van der Waals surface area contributed by atoms with Crippen molar-refractivity contribution in [2.24, 2.45) is 0 Å². The Labute approximate surface area is 99.7 Å². The smallest absolute Gasteiger partial charge is 0.182 e. The van der Waals surface area contributed by atoms with E-state index in [0.29, 0.717) is 6.54 Å². The molecule has 0 amide bonds. The Bertz CT molecular complexity index is 598. The van der Waals surface area contributed by atoms with Crippen molar-refractivity contribution in [1.82, 2.24) is 4.98 Å². The molecule has 0 N–H and O–H groups in total. The van der Waals surface area contributed by atoms with E-state index in [4.69, 9.17) is 4.42 Å². The number of fused-ring (bicyclic) bond motifs is 3. The zero-order valence-corrected chi connectivity index (χ0v) is 9.39. The molecule has 0 atom stereocenters. The number of nitrogens with zero attached hydrogens (tertiary/aromatic N) is 2. The maximum atomic E-state index is 5.45. The van der Waals surface area contributed by atoms with Gasteiger partial charge < -0.3 is 9.32 Å². The van der Waals surface area contributed by atoms with Gasteiger partial charge >= 0.3 is 0 Å². The summed E-state index contributed by atoms with van der Waals surface area (Å²) in [5.74, 6) is 0.797. The Balaban J connectivity index is 2.26. The van der Waals surface area contributed by atoms with Crippen molar-refractivity contribution in [3.05, 3.63) is 55.6 Å². The summed E-state index contributed by atoms with van der Waals surface area (Å²) in [7, 11) is 0. The minimum absolute atomic E-state index is 0.710. The number of oxazole rings is 1. The van der Waals surface area contributed by atoms with Crippen LogP contribution in [0.25, 0.3) is 17.0 Å². The maximum absolute atomic E-state index is 5.45. The highest BCUT2D eigenvalue weighted by atomic mass is 16.3. The van der Waals surface area contributed by atoms with Gasteiger partial charge in [0.25, 0.3) is 0 Å². The standard InChI is InChI=1S/C14H12N2O/c1-3-8-16-10(2)13-14(17-9-15-13)11-6-4-5-7-12(11)16/h3-7,9H,1-2,8H2. The van der Waals surface area contributed by atoms with Crippen LogP contribution in [0.3, 0.4) is 0 Å². The summed E-state index contributed by atoms with van der Waals surface area (Å²) >= 11 is 0. The molecule has 84 valence electrons. The molecular weight excluding hydrogens is 212 g/mol. The number of anilines is 1. The van der Waals surface area contributed by atoms with Gasteiger partial charge in [0.15, 0.2) is 12.2 Å². The molecular formula is C14H12N2O. The van der Waals surface area contributed by atoms with Gasteiger partial charge in [-0.15, -0.1) is 6.58 Å². The summed E-state index contributed by atoms with van der Waals surface area (Å²) in [5.41, 5.74) is 3.80. The van der Waals surface area contributed by atoms with Crippen LogP contribution in [-0.2, 0) is 0 Å². The molecule has 3 nitrogen and oxygen atoms in total. The predicted molar refractivity (Wildman–Crippen MR) is 68.5 cm³/mol. The van der Waals surface area contributed by atoms with Crippen LogP contribution in [0.5, 0.6) is 0 Å². The molecule has 1 aromatic heterocycles. The highest BCUT2D eigenvalue weighted by Crippen LogP contribution is 2.42. The third-order valence-electron chi connectivity index (χ3n) is 2.92. The van der Waals surface area contributed by atoms with E-state index in [0.717, 1.165) is 28.4 Å². The highest BCUT2D eigenvalue weighted by molar-refractivity contribution is 5.95. The van der Waals surface area contributed by atoms with Gasteiger partial charge in [0.2, 0.25) is 0 Å². The average molecular weight is 224 g/mol. The minimum Gasteiger partial charge on any atom is -0.443 e. The first kappa shape index (κ1) is 9.90. The van der Waals surface area contributed by atoms with Crippen LogP contribution < -0.4 is 4.90 Å². The van der Waals surface area contributed by atoms with Crippen LogP contribution in [0, 0.1) is 0 Å². The van der Waals surface area contributed by atoms with E-state index in [2.05, 4.69) is 29.1 Å². The van der Waals surface area contributed by atoms with Crippen molar-refractivity contribution in [3.63, 3.8) is 0 Å². The van der Waals surface area contributed by atoms with Crippen LogP contribution in [0.1, 0.15) is 5.69 Å². The molecule has 0 fully saturated rings. The van der Waals surface area contributed by atoms with Gasteiger partial charge in [-0.1, -0.05) is 24.8 Å². The van der Waals surface area contributed by atoms with E-state index in [-0.39, 0.29) is 0 Å². The van der Waals surface area contributed by atoms with E-state index in [1.54, 1.807) is 0 Å². The Morgan fingerprint density at radius 3 is 3.00 bits per heavy atom. The van der Waals surface area contributed by atoms with Gasteiger partial charge in [0.05, 0.1) is 11.4 Å². The van der Waals surface area contributed by atoms with E-state index in [9.17, 15) is 0 Å². The lowest BCUT2D eigenvalue weighted by Crippen LogP contribution is -2.24. The molecule has 2 aromatic rings. The van der Waals surface area contributed by atoms with Crippen molar-refractivity contribution in [3.8, 4) is 11.3 Å². The predicted octanol–water partition coefficient (Wildman–Crippen LogP) is 3.32.